The van der Waals surface area contributed by atoms with Gasteiger partial charge in [-0.05, 0) is 62.3 Å². The number of piperidine rings is 1. The lowest BCUT2D eigenvalue weighted by molar-refractivity contribution is 0.263. The summed E-state index contributed by atoms with van der Waals surface area (Å²) in [5, 5.41) is 0.156. The maximum absolute atomic E-state index is 13.1. The van der Waals surface area contributed by atoms with Crippen molar-refractivity contribution >= 4 is 20.9 Å². The number of aromatic nitrogens is 2. The van der Waals surface area contributed by atoms with Crippen LogP contribution in [0.5, 0.6) is 0 Å². The van der Waals surface area contributed by atoms with E-state index >= 15 is 0 Å². The van der Waals surface area contributed by atoms with Gasteiger partial charge in [0.1, 0.15) is 0 Å². The van der Waals surface area contributed by atoms with Crippen molar-refractivity contribution in [3.8, 4) is 0 Å². The lowest BCUT2D eigenvalue weighted by Crippen LogP contribution is -2.38. The molecule has 7 nitrogen and oxygen atoms in total. The summed E-state index contributed by atoms with van der Waals surface area (Å²) in [4.78, 5) is 28.1. The molecule has 0 unspecified atom stereocenters. The number of aryl methyl sites for hydroxylation is 2. The number of hydrogen-bond donors (Lipinski definition) is 2. The molecule has 0 saturated carbocycles. The molecule has 2 N–H and O–H groups in total. The van der Waals surface area contributed by atoms with Crippen molar-refractivity contribution in [1.82, 2.24) is 14.3 Å². The van der Waals surface area contributed by atoms with Crippen molar-refractivity contribution in [2.75, 3.05) is 13.1 Å². The number of H-pyrrole nitrogens is 2. The number of rotatable bonds is 5. The van der Waals surface area contributed by atoms with Crippen LogP contribution in [0.25, 0.3) is 10.9 Å². The zero-order valence-electron chi connectivity index (χ0n) is 16.8. The van der Waals surface area contributed by atoms with Crippen molar-refractivity contribution in [3.63, 3.8) is 0 Å². The average molecular weight is 428 g/mol. The molecule has 1 aliphatic heterocycles. The number of nitrogens with one attached hydrogen (secondary N) is 2. The van der Waals surface area contributed by atoms with Gasteiger partial charge >= 0.3 is 5.69 Å². The molecule has 0 aliphatic carbocycles. The topological polar surface area (TPSA) is 103 Å². The monoisotopic (exact) mass is 427 g/mol. The second kappa shape index (κ2) is 8.20. The van der Waals surface area contributed by atoms with Crippen molar-refractivity contribution < 1.29 is 8.42 Å². The highest BCUT2D eigenvalue weighted by Gasteiger charge is 2.29. The van der Waals surface area contributed by atoms with Gasteiger partial charge in [0, 0.05) is 13.1 Å². The van der Waals surface area contributed by atoms with Gasteiger partial charge in [-0.2, -0.15) is 4.31 Å². The van der Waals surface area contributed by atoms with Crippen LogP contribution in [0.4, 0.5) is 0 Å². The molecular formula is C22H25N3O4S. The summed E-state index contributed by atoms with van der Waals surface area (Å²) in [6, 6.07) is 12.8. The van der Waals surface area contributed by atoms with Crippen LogP contribution in [-0.2, 0) is 16.4 Å². The Bertz CT molecular complexity index is 1270. The molecule has 30 heavy (non-hydrogen) atoms. The van der Waals surface area contributed by atoms with Crippen molar-refractivity contribution in [2.45, 2.75) is 37.5 Å². The lowest BCUT2D eigenvalue weighted by atomic mass is 9.91. The van der Waals surface area contributed by atoms with Crippen molar-refractivity contribution in [3.05, 3.63) is 74.4 Å². The molecular weight excluding hydrogens is 402 g/mol. The third kappa shape index (κ3) is 4.24. The Morgan fingerprint density at radius 3 is 2.40 bits per heavy atom. The Morgan fingerprint density at radius 2 is 1.70 bits per heavy atom. The van der Waals surface area contributed by atoms with Gasteiger partial charge in [-0.1, -0.05) is 29.8 Å². The van der Waals surface area contributed by atoms with Crippen LogP contribution in [0.1, 0.15) is 30.4 Å². The molecule has 1 aliphatic rings. The summed E-state index contributed by atoms with van der Waals surface area (Å²) >= 11 is 0. The molecule has 3 aromatic rings. The molecule has 0 spiro atoms. The van der Waals surface area contributed by atoms with Gasteiger partial charge in [0.25, 0.3) is 5.56 Å². The van der Waals surface area contributed by atoms with E-state index in [-0.39, 0.29) is 10.3 Å². The Balaban J connectivity index is 1.43. The highest BCUT2D eigenvalue weighted by Crippen LogP contribution is 2.27. The van der Waals surface area contributed by atoms with Crippen LogP contribution >= 0.6 is 0 Å². The maximum atomic E-state index is 13.1. The number of sulfonamides is 1. The van der Waals surface area contributed by atoms with E-state index in [4.69, 9.17) is 0 Å². The van der Waals surface area contributed by atoms with Gasteiger partial charge in [-0.3, -0.25) is 9.78 Å². The molecule has 0 amide bonds. The van der Waals surface area contributed by atoms with Gasteiger partial charge in [0.2, 0.25) is 10.0 Å². The first kappa shape index (κ1) is 20.6. The molecule has 2 heterocycles. The maximum Gasteiger partial charge on any atom is 0.326 e. The lowest BCUT2D eigenvalue weighted by Gasteiger charge is -2.31. The first-order valence-electron chi connectivity index (χ1n) is 10.1. The van der Waals surface area contributed by atoms with Gasteiger partial charge in [-0.15, -0.1) is 0 Å². The Kier molecular flexibility index (Phi) is 5.62. The summed E-state index contributed by atoms with van der Waals surface area (Å²) in [5.74, 6) is 0.502. The minimum Gasteiger partial charge on any atom is -0.307 e. The average Bonchev–Trinajstić information content (AvgIpc) is 2.73. The number of nitrogens with zero attached hydrogens (tertiary/aromatic N) is 1. The smallest absolute Gasteiger partial charge is 0.307 e. The van der Waals surface area contributed by atoms with E-state index in [2.05, 4.69) is 41.2 Å². The second-order valence-corrected chi connectivity index (χ2v) is 9.93. The van der Waals surface area contributed by atoms with Gasteiger partial charge in [-0.25, -0.2) is 13.2 Å². The summed E-state index contributed by atoms with van der Waals surface area (Å²) in [5.41, 5.74) is 1.67. The zero-order valence-corrected chi connectivity index (χ0v) is 17.7. The highest BCUT2D eigenvalue weighted by atomic mass is 32.2. The molecule has 1 saturated heterocycles. The zero-order chi connectivity index (χ0) is 21.3. The largest absolute Gasteiger partial charge is 0.326 e. The van der Waals surface area contributed by atoms with E-state index in [9.17, 15) is 18.0 Å². The SMILES string of the molecule is Cc1ccc(CCC2CCN(S(=O)(=O)c3ccc4[nH]c(=O)[nH]c(=O)c4c3)CC2)cc1. The van der Waals surface area contributed by atoms with Crippen LogP contribution in [-0.4, -0.2) is 35.8 Å². The molecule has 1 aromatic heterocycles. The van der Waals surface area contributed by atoms with E-state index in [0.717, 1.165) is 25.7 Å². The van der Waals surface area contributed by atoms with Crippen LogP contribution < -0.4 is 11.2 Å². The molecule has 158 valence electrons. The number of benzene rings is 2. The third-order valence-electron chi connectivity index (χ3n) is 5.88. The van der Waals surface area contributed by atoms with Crippen LogP contribution in [0, 0.1) is 12.8 Å². The van der Waals surface area contributed by atoms with E-state index in [1.54, 1.807) is 0 Å². The quantitative estimate of drug-likeness (QED) is 0.653. The Morgan fingerprint density at radius 1 is 1.00 bits per heavy atom. The predicted octanol–water partition coefficient (Wildman–Crippen LogP) is 2.56. The Hall–Kier alpha value is -2.71. The number of fused-ring (bicyclic) bond motifs is 1. The first-order valence-corrected chi connectivity index (χ1v) is 11.6. The summed E-state index contributed by atoms with van der Waals surface area (Å²) in [7, 11) is -3.69. The van der Waals surface area contributed by atoms with Gasteiger partial charge in [0.05, 0.1) is 15.8 Å². The number of hydrogen-bond acceptors (Lipinski definition) is 4. The minimum atomic E-state index is -3.69. The molecule has 0 atom stereocenters. The fourth-order valence-corrected chi connectivity index (χ4v) is 5.51. The van der Waals surface area contributed by atoms with E-state index in [1.165, 1.54) is 33.6 Å². The Labute approximate surface area is 174 Å². The fraction of sp³-hybridized carbons (Fsp3) is 0.364. The second-order valence-electron chi connectivity index (χ2n) is 7.99. The van der Waals surface area contributed by atoms with Gasteiger partial charge < -0.3 is 4.98 Å². The van der Waals surface area contributed by atoms with Crippen LogP contribution in [0.3, 0.4) is 0 Å². The molecule has 2 aromatic carbocycles. The minimum absolute atomic E-state index is 0.0747. The third-order valence-corrected chi connectivity index (χ3v) is 7.78. The first-order chi connectivity index (χ1) is 14.3. The fourth-order valence-electron chi connectivity index (χ4n) is 4.02. The molecule has 4 rings (SSSR count). The standard InChI is InChI=1S/C22H25N3O4S/c1-15-2-4-16(5-3-15)6-7-17-10-12-25(13-11-17)30(28,29)18-8-9-20-19(14-18)21(26)24-22(27)23-20/h2-5,8-9,14,17H,6-7,10-13H2,1H3,(H2,23,24,26,27). The van der Waals surface area contributed by atoms with Crippen LogP contribution in [0.2, 0.25) is 0 Å². The molecule has 0 bridgehead atoms. The van der Waals surface area contributed by atoms with E-state index in [1.807, 2.05) is 0 Å². The molecule has 0 radical (unpaired) electrons. The van der Waals surface area contributed by atoms with Crippen molar-refractivity contribution in [2.24, 2.45) is 5.92 Å². The van der Waals surface area contributed by atoms with Gasteiger partial charge in [0.15, 0.2) is 0 Å². The van der Waals surface area contributed by atoms with Crippen LogP contribution in [0.15, 0.2) is 56.9 Å². The summed E-state index contributed by atoms with van der Waals surface area (Å²) < 4.78 is 27.6. The van der Waals surface area contributed by atoms with Crippen molar-refractivity contribution in [1.29, 1.82) is 0 Å². The summed E-state index contributed by atoms with van der Waals surface area (Å²) in [6.07, 6.45) is 3.71. The predicted molar refractivity (Wildman–Crippen MR) is 116 cm³/mol. The highest BCUT2D eigenvalue weighted by molar-refractivity contribution is 7.89. The van der Waals surface area contributed by atoms with E-state index in [0.29, 0.717) is 24.5 Å². The van der Waals surface area contributed by atoms with E-state index < -0.39 is 21.3 Å². The molecule has 8 heteroatoms. The number of aromatic amines is 2. The summed E-state index contributed by atoms with van der Waals surface area (Å²) in [6.45, 7) is 3.02. The molecule has 1 fully saturated rings. The normalized spacial score (nSPS) is 16.2.